The highest BCUT2D eigenvalue weighted by Crippen LogP contribution is 2.19. The van der Waals surface area contributed by atoms with Crippen molar-refractivity contribution < 1.29 is 4.79 Å². The van der Waals surface area contributed by atoms with Gasteiger partial charge >= 0.3 is 0 Å². The fraction of sp³-hybridized carbons (Fsp3) is 0.750. The number of nitrogens with zero attached hydrogens (tertiary/aromatic N) is 3. The lowest BCUT2D eigenvalue weighted by atomic mass is 10.1. The van der Waals surface area contributed by atoms with Crippen molar-refractivity contribution in [2.45, 2.75) is 59.0 Å². The minimum atomic E-state index is 0.133. The van der Waals surface area contributed by atoms with Crippen molar-refractivity contribution in [1.29, 1.82) is 0 Å². The summed E-state index contributed by atoms with van der Waals surface area (Å²) in [5.41, 5.74) is 1.73. The molecule has 2 heterocycles. The van der Waals surface area contributed by atoms with Gasteiger partial charge in [-0.2, -0.15) is 5.10 Å². The third kappa shape index (κ3) is 3.46. The summed E-state index contributed by atoms with van der Waals surface area (Å²) >= 11 is 0. The molecule has 118 valence electrons. The van der Waals surface area contributed by atoms with E-state index in [1.807, 2.05) is 4.90 Å². The van der Waals surface area contributed by atoms with Crippen LogP contribution in [0.4, 0.5) is 0 Å². The zero-order chi connectivity index (χ0) is 15.4. The summed E-state index contributed by atoms with van der Waals surface area (Å²) < 4.78 is 0. The van der Waals surface area contributed by atoms with Gasteiger partial charge in [0.15, 0.2) is 0 Å². The van der Waals surface area contributed by atoms with Gasteiger partial charge in [0.05, 0.1) is 11.8 Å². The Kier molecular flexibility index (Phi) is 5.39. The highest BCUT2D eigenvalue weighted by atomic mass is 16.2. The second-order valence-electron chi connectivity index (χ2n) is 6.16. The molecule has 0 bridgehead atoms. The number of hydrogen-bond acceptors (Lipinski definition) is 3. The van der Waals surface area contributed by atoms with Crippen LogP contribution in [-0.2, 0) is 6.42 Å². The van der Waals surface area contributed by atoms with Crippen molar-refractivity contribution in [2.24, 2.45) is 0 Å². The van der Waals surface area contributed by atoms with E-state index in [2.05, 4.69) is 42.8 Å². The van der Waals surface area contributed by atoms with Gasteiger partial charge in [-0.25, -0.2) is 0 Å². The number of carbonyl (C=O) groups is 1. The van der Waals surface area contributed by atoms with Crippen LogP contribution in [-0.4, -0.2) is 57.6 Å². The summed E-state index contributed by atoms with van der Waals surface area (Å²) in [7, 11) is 0. The predicted molar refractivity (Wildman–Crippen MR) is 84.4 cm³/mol. The van der Waals surface area contributed by atoms with Crippen molar-refractivity contribution >= 4 is 5.91 Å². The first kappa shape index (κ1) is 16.0. The van der Waals surface area contributed by atoms with E-state index in [9.17, 15) is 4.79 Å². The smallest absolute Gasteiger partial charge is 0.257 e. The van der Waals surface area contributed by atoms with Gasteiger partial charge in [0, 0.05) is 37.4 Å². The van der Waals surface area contributed by atoms with E-state index < -0.39 is 0 Å². The van der Waals surface area contributed by atoms with Crippen LogP contribution in [0.5, 0.6) is 0 Å². The normalized spacial score (nSPS) is 20.2. The van der Waals surface area contributed by atoms with Crippen LogP contribution in [0.1, 0.15) is 56.6 Å². The lowest BCUT2D eigenvalue weighted by molar-refractivity contribution is 0.0371. The second-order valence-corrected chi connectivity index (χ2v) is 6.16. The molecule has 1 atom stereocenters. The quantitative estimate of drug-likeness (QED) is 0.906. The minimum Gasteiger partial charge on any atom is -0.336 e. The molecule has 0 saturated carbocycles. The van der Waals surface area contributed by atoms with Crippen molar-refractivity contribution in [3.05, 3.63) is 17.5 Å². The third-order valence-electron chi connectivity index (χ3n) is 4.40. The van der Waals surface area contributed by atoms with Crippen molar-refractivity contribution in [3.8, 4) is 0 Å². The standard InChI is InChI=1S/C16H28N4O/c1-5-7-15-14(10-17-18-15)16(21)19-8-9-20(12(3)4)13(6-2)11-19/h10,12-13H,5-9,11H2,1-4H3,(H,17,18)/t13-/m1/s1. The van der Waals surface area contributed by atoms with Gasteiger partial charge in [0.25, 0.3) is 5.91 Å². The van der Waals surface area contributed by atoms with E-state index in [1.54, 1.807) is 6.20 Å². The number of aromatic nitrogens is 2. The first-order valence-electron chi connectivity index (χ1n) is 8.15. The van der Waals surface area contributed by atoms with Gasteiger partial charge < -0.3 is 4.90 Å². The van der Waals surface area contributed by atoms with Crippen LogP contribution in [0.3, 0.4) is 0 Å². The lowest BCUT2D eigenvalue weighted by Gasteiger charge is -2.43. The number of H-pyrrole nitrogens is 1. The molecule has 1 amide bonds. The number of carbonyl (C=O) groups excluding carboxylic acids is 1. The van der Waals surface area contributed by atoms with Gasteiger partial charge in [0.2, 0.25) is 0 Å². The summed E-state index contributed by atoms with van der Waals surface area (Å²) in [5.74, 6) is 0.133. The van der Waals surface area contributed by atoms with Crippen LogP contribution in [0.25, 0.3) is 0 Å². The second kappa shape index (κ2) is 7.07. The van der Waals surface area contributed by atoms with E-state index in [0.717, 1.165) is 50.2 Å². The maximum Gasteiger partial charge on any atom is 0.257 e. The summed E-state index contributed by atoms with van der Waals surface area (Å²) in [6, 6.07) is 1.00. The molecule has 1 fully saturated rings. The molecular weight excluding hydrogens is 264 g/mol. The summed E-state index contributed by atoms with van der Waals surface area (Å²) in [4.78, 5) is 17.2. The Labute approximate surface area is 127 Å². The van der Waals surface area contributed by atoms with Crippen LogP contribution in [0.15, 0.2) is 6.20 Å². The highest BCUT2D eigenvalue weighted by Gasteiger charge is 2.31. The molecule has 0 unspecified atom stereocenters. The Hall–Kier alpha value is -1.36. The molecule has 2 rings (SSSR count). The molecule has 0 radical (unpaired) electrons. The molecular formula is C16H28N4O. The number of hydrogen-bond donors (Lipinski definition) is 1. The molecule has 1 aliphatic heterocycles. The van der Waals surface area contributed by atoms with Gasteiger partial charge in [-0.05, 0) is 26.7 Å². The van der Waals surface area contributed by atoms with E-state index in [1.165, 1.54) is 0 Å². The van der Waals surface area contributed by atoms with Gasteiger partial charge in [-0.3, -0.25) is 14.8 Å². The van der Waals surface area contributed by atoms with Crippen LogP contribution in [0, 0.1) is 0 Å². The average molecular weight is 292 g/mol. The molecule has 0 spiro atoms. The summed E-state index contributed by atoms with van der Waals surface area (Å²) in [6.07, 6.45) is 4.66. The average Bonchev–Trinajstić information content (AvgIpc) is 2.94. The molecule has 1 N–H and O–H groups in total. The molecule has 0 aliphatic carbocycles. The van der Waals surface area contributed by atoms with E-state index >= 15 is 0 Å². The summed E-state index contributed by atoms with van der Waals surface area (Å²) in [6.45, 7) is 11.4. The Morgan fingerprint density at radius 2 is 2.19 bits per heavy atom. The largest absolute Gasteiger partial charge is 0.336 e. The highest BCUT2D eigenvalue weighted by molar-refractivity contribution is 5.95. The Morgan fingerprint density at radius 3 is 2.81 bits per heavy atom. The molecule has 21 heavy (non-hydrogen) atoms. The zero-order valence-electron chi connectivity index (χ0n) is 13.7. The number of nitrogens with one attached hydrogen (secondary N) is 1. The molecule has 1 saturated heterocycles. The van der Waals surface area contributed by atoms with E-state index in [0.29, 0.717) is 12.1 Å². The van der Waals surface area contributed by atoms with Crippen LogP contribution in [0.2, 0.25) is 0 Å². The maximum atomic E-state index is 12.7. The maximum absolute atomic E-state index is 12.7. The molecule has 5 nitrogen and oxygen atoms in total. The van der Waals surface area contributed by atoms with Gasteiger partial charge in [0.1, 0.15) is 0 Å². The van der Waals surface area contributed by atoms with Crippen molar-refractivity contribution in [1.82, 2.24) is 20.0 Å². The van der Waals surface area contributed by atoms with E-state index in [4.69, 9.17) is 0 Å². The first-order valence-corrected chi connectivity index (χ1v) is 8.15. The van der Waals surface area contributed by atoms with Crippen LogP contribution < -0.4 is 0 Å². The molecule has 1 aliphatic rings. The number of rotatable bonds is 5. The van der Waals surface area contributed by atoms with Crippen molar-refractivity contribution in [2.75, 3.05) is 19.6 Å². The predicted octanol–water partition coefficient (Wildman–Crippen LogP) is 2.31. The SMILES string of the molecule is CCCc1[nH]ncc1C(=O)N1CCN(C(C)C)[C@H](CC)C1. The molecule has 1 aromatic rings. The zero-order valence-corrected chi connectivity index (χ0v) is 13.7. The number of piperazine rings is 1. The lowest BCUT2D eigenvalue weighted by Crippen LogP contribution is -2.56. The molecule has 0 aromatic carbocycles. The summed E-state index contributed by atoms with van der Waals surface area (Å²) in [5, 5.41) is 7.03. The Bertz CT molecular complexity index is 469. The fourth-order valence-corrected chi connectivity index (χ4v) is 3.21. The Balaban J connectivity index is 2.08. The number of aryl methyl sites for hydroxylation is 1. The Morgan fingerprint density at radius 1 is 1.43 bits per heavy atom. The fourth-order valence-electron chi connectivity index (χ4n) is 3.21. The van der Waals surface area contributed by atoms with Crippen LogP contribution >= 0.6 is 0 Å². The van der Waals surface area contributed by atoms with Gasteiger partial charge in [-0.1, -0.05) is 20.3 Å². The molecule has 5 heteroatoms. The minimum absolute atomic E-state index is 0.133. The number of aromatic amines is 1. The topological polar surface area (TPSA) is 52.2 Å². The van der Waals surface area contributed by atoms with Gasteiger partial charge in [-0.15, -0.1) is 0 Å². The monoisotopic (exact) mass is 292 g/mol. The van der Waals surface area contributed by atoms with E-state index in [-0.39, 0.29) is 5.91 Å². The molecule has 1 aromatic heterocycles. The number of amides is 1. The third-order valence-corrected chi connectivity index (χ3v) is 4.40. The van der Waals surface area contributed by atoms with Crippen molar-refractivity contribution in [3.63, 3.8) is 0 Å². The first-order chi connectivity index (χ1) is 10.1.